The van der Waals surface area contributed by atoms with Gasteiger partial charge in [-0.05, 0) is 60.9 Å². The van der Waals surface area contributed by atoms with E-state index < -0.39 is 0 Å². The molecule has 0 aliphatic rings. The number of amides is 2. The highest BCUT2D eigenvalue weighted by Gasteiger charge is 2.13. The number of aryl methyl sites for hydroxylation is 2. The molecule has 0 aliphatic carbocycles. The van der Waals surface area contributed by atoms with Crippen LogP contribution in [0.3, 0.4) is 0 Å². The first-order valence-electron chi connectivity index (χ1n) is 9.76. The van der Waals surface area contributed by atoms with Crippen LogP contribution in [0.2, 0.25) is 5.02 Å². The van der Waals surface area contributed by atoms with E-state index in [1.54, 1.807) is 42.5 Å². The van der Waals surface area contributed by atoms with Gasteiger partial charge in [0.25, 0.3) is 5.91 Å². The average Bonchev–Trinajstić information content (AvgIpc) is 2.75. The number of carbonyl (C=O) groups excluding carboxylic acids is 2. The molecule has 0 aliphatic heterocycles. The summed E-state index contributed by atoms with van der Waals surface area (Å²) in [7, 11) is 0. The molecule has 0 saturated heterocycles. The zero-order chi connectivity index (χ0) is 21.5. The summed E-state index contributed by atoms with van der Waals surface area (Å²) >= 11 is 5.89. The molecule has 3 aromatic rings. The second-order valence-corrected chi connectivity index (χ2v) is 7.31. The highest BCUT2D eigenvalue weighted by molar-refractivity contribution is 6.30. The smallest absolute Gasteiger partial charge is 0.257 e. The van der Waals surface area contributed by atoms with Crippen molar-refractivity contribution in [3.63, 3.8) is 0 Å². The standard InChI is InChI=1S/C24H24ClN3O2/c1-3-17-8-6-7-16(2)23(17)28-22(29)15-26-21-10-5-4-9-20(21)24(30)27-19-13-11-18(25)12-14-19/h4-14,26H,3,15H2,1-2H3,(H,27,30)(H,28,29). The molecular weight excluding hydrogens is 398 g/mol. The van der Waals surface area contributed by atoms with Crippen molar-refractivity contribution in [2.45, 2.75) is 20.3 Å². The number of hydrogen-bond acceptors (Lipinski definition) is 3. The average molecular weight is 422 g/mol. The Balaban J connectivity index is 1.67. The van der Waals surface area contributed by atoms with Gasteiger partial charge in [0.2, 0.25) is 5.91 Å². The summed E-state index contributed by atoms with van der Waals surface area (Å²) in [5.41, 5.74) is 4.63. The van der Waals surface area contributed by atoms with Gasteiger partial charge in [-0.15, -0.1) is 0 Å². The van der Waals surface area contributed by atoms with Crippen molar-refractivity contribution in [2.75, 3.05) is 22.5 Å². The van der Waals surface area contributed by atoms with E-state index >= 15 is 0 Å². The van der Waals surface area contributed by atoms with Gasteiger partial charge in [0.1, 0.15) is 0 Å². The Morgan fingerprint density at radius 3 is 2.37 bits per heavy atom. The van der Waals surface area contributed by atoms with Gasteiger partial charge in [-0.2, -0.15) is 0 Å². The van der Waals surface area contributed by atoms with Crippen LogP contribution in [0.25, 0.3) is 0 Å². The van der Waals surface area contributed by atoms with E-state index in [9.17, 15) is 9.59 Å². The van der Waals surface area contributed by atoms with Crippen molar-refractivity contribution in [1.82, 2.24) is 0 Å². The monoisotopic (exact) mass is 421 g/mol. The summed E-state index contributed by atoms with van der Waals surface area (Å²) in [4.78, 5) is 25.2. The molecule has 0 unspecified atom stereocenters. The van der Waals surface area contributed by atoms with Crippen molar-refractivity contribution >= 4 is 40.5 Å². The lowest BCUT2D eigenvalue weighted by Gasteiger charge is -2.15. The lowest BCUT2D eigenvalue weighted by molar-refractivity contribution is -0.114. The molecule has 3 rings (SSSR count). The first kappa shape index (κ1) is 21.4. The predicted octanol–water partition coefficient (Wildman–Crippen LogP) is 5.51. The van der Waals surface area contributed by atoms with E-state index in [1.807, 2.05) is 31.2 Å². The lowest BCUT2D eigenvalue weighted by Crippen LogP contribution is -2.24. The van der Waals surface area contributed by atoms with Crippen molar-refractivity contribution in [1.29, 1.82) is 0 Å². The molecule has 6 heteroatoms. The largest absolute Gasteiger partial charge is 0.376 e. The number of hydrogen-bond donors (Lipinski definition) is 3. The predicted molar refractivity (Wildman–Crippen MR) is 124 cm³/mol. The Morgan fingerprint density at radius 1 is 0.900 bits per heavy atom. The van der Waals surface area contributed by atoms with Crippen LogP contribution < -0.4 is 16.0 Å². The van der Waals surface area contributed by atoms with Crippen LogP contribution in [0.5, 0.6) is 0 Å². The Morgan fingerprint density at radius 2 is 1.63 bits per heavy atom. The van der Waals surface area contributed by atoms with Crippen molar-refractivity contribution in [2.24, 2.45) is 0 Å². The van der Waals surface area contributed by atoms with Crippen LogP contribution in [-0.4, -0.2) is 18.4 Å². The van der Waals surface area contributed by atoms with Gasteiger partial charge in [-0.1, -0.05) is 48.9 Å². The van der Waals surface area contributed by atoms with Gasteiger partial charge in [0, 0.05) is 22.1 Å². The number of carbonyl (C=O) groups is 2. The van der Waals surface area contributed by atoms with Gasteiger partial charge >= 0.3 is 0 Å². The maximum Gasteiger partial charge on any atom is 0.257 e. The minimum atomic E-state index is -0.270. The quantitative estimate of drug-likeness (QED) is 0.470. The first-order valence-corrected chi connectivity index (χ1v) is 10.1. The number of nitrogens with one attached hydrogen (secondary N) is 3. The highest BCUT2D eigenvalue weighted by Crippen LogP contribution is 2.22. The van der Waals surface area contributed by atoms with E-state index in [2.05, 4.69) is 22.9 Å². The summed E-state index contributed by atoms with van der Waals surface area (Å²) in [6.45, 7) is 4.07. The maximum absolute atomic E-state index is 12.7. The van der Waals surface area contributed by atoms with Gasteiger partial charge < -0.3 is 16.0 Å². The molecule has 2 amide bonds. The number of halogens is 1. The maximum atomic E-state index is 12.7. The summed E-state index contributed by atoms with van der Waals surface area (Å²) < 4.78 is 0. The third kappa shape index (κ3) is 5.39. The topological polar surface area (TPSA) is 70.2 Å². The van der Waals surface area contributed by atoms with Crippen LogP contribution in [-0.2, 0) is 11.2 Å². The first-order chi connectivity index (χ1) is 14.5. The number of para-hydroxylation sites is 2. The zero-order valence-electron chi connectivity index (χ0n) is 17.0. The summed E-state index contributed by atoms with van der Waals surface area (Å²) in [5, 5.41) is 9.49. The molecule has 30 heavy (non-hydrogen) atoms. The zero-order valence-corrected chi connectivity index (χ0v) is 17.7. The Kier molecular flexibility index (Phi) is 7.09. The molecule has 0 fully saturated rings. The van der Waals surface area contributed by atoms with Gasteiger partial charge in [0.15, 0.2) is 0 Å². The van der Waals surface area contributed by atoms with E-state index in [4.69, 9.17) is 11.6 Å². The summed E-state index contributed by atoms with van der Waals surface area (Å²) in [6.07, 6.45) is 0.832. The molecular formula is C24H24ClN3O2. The normalized spacial score (nSPS) is 10.4. The second-order valence-electron chi connectivity index (χ2n) is 6.87. The molecule has 154 valence electrons. The minimum absolute atomic E-state index is 0.0444. The molecule has 5 nitrogen and oxygen atoms in total. The van der Waals surface area contributed by atoms with Crippen LogP contribution >= 0.6 is 11.6 Å². The fourth-order valence-corrected chi connectivity index (χ4v) is 3.25. The molecule has 3 N–H and O–H groups in total. The lowest BCUT2D eigenvalue weighted by atomic mass is 10.1. The Bertz CT molecular complexity index is 1050. The number of anilines is 3. The van der Waals surface area contributed by atoms with E-state index in [0.717, 1.165) is 23.2 Å². The van der Waals surface area contributed by atoms with Crippen molar-refractivity contribution < 1.29 is 9.59 Å². The molecule has 0 saturated carbocycles. The van der Waals surface area contributed by atoms with Gasteiger partial charge in [-0.25, -0.2) is 0 Å². The van der Waals surface area contributed by atoms with Gasteiger partial charge in [-0.3, -0.25) is 9.59 Å². The van der Waals surface area contributed by atoms with E-state index in [1.165, 1.54) is 0 Å². The summed E-state index contributed by atoms with van der Waals surface area (Å²) in [5.74, 6) is -0.445. The minimum Gasteiger partial charge on any atom is -0.376 e. The Labute approximate surface area is 181 Å². The van der Waals surface area contributed by atoms with Gasteiger partial charge in [0.05, 0.1) is 12.1 Å². The van der Waals surface area contributed by atoms with Crippen LogP contribution in [0.4, 0.5) is 17.1 Å². The molecule has 0 atom stereocenters. The summed E-state index contributed by atoms with van der Waals surface area (Å²) in [6, 6.07) is 19.9. The third-order valence-corrected chi connectivity index (χ3v) is 4.97. The highest BCUT2D eigenvalue weighted by atomic mass is 35.5. The third-order valence-electron chi connectivity index (χ3n) is 4.72. The molecule has 0 radical (unpaired) electrons. The second kappa shape index (κ2) is 9.94. The van der Waals surface area contributed by atoms with E-state index in [-0.39, 0.29) is 18.4 Å². The van der Waals surface area contributed by atoms with E-state index in [0.29, 0.717) is 22.0 Å². The molecule has 3 aromatic carbocycles. The van der Waals surface area contributed by atoms with Crippen LogP contribution in [0.1, 0.15) is 28.4 Å². The van der Waals surface area contributed by atoms with Crippen LogP contribution in [0, 0.1) is 6.92 Å². The molecule has 0 aromatic heterocycles. The SMILES string of the molecule is CCc1cccc(C)c1NC(=O)CNc1ccccc1C(=O)Nc1ccc(Cl)cc1. The Hall–Kier alpha value is -3.31. The fourth-order valence-electron chi connectivity index (χ4n) is 3.13. The van der Waals surface area contributed by atoms with Crippen LogP contribution in [0.15, 0.2) is 66.7 Å². The van der Waals surface area contributed by atoms with Crippen molar-refractivity contribution in [3.8, 4) is 0 Å². The fraction of sp³-hybridized carbons (Fsp3) is 0.167. The molecule has 0 spiro atoms. The van der Waals surface area contributed by atoms with Crippen molar-refractivity contribution in [3.05, 3.63) is 88.4 Å². The molecule has 0 bridgehead atoms. The number of benzene rings is 3. The number of rotatable bonds is 7. The molecule has 0 heterocycles.